The summed E-state index contributed by atoms with van der Waals surface area (Å²) in [5, 5.41) is 11.5. The van der Waals surface area contributed by atoms with E-state index in [0.29, 0.717) is 5.92 Å². The number of carbonyl (C=O) groups is 1. The fourth-order valence-electron chi connectivity index (χ4n) is 1.30. The summed E-state index contributed by atoms with van der Waals surface area (Å²) < 4.78 is 6.47. The molecule has 1 heterocycles. The van der Waals surface area contributed by atoms with Crippen molar-refractivity contribution in [2.24, 2.45) is 5.92 Å². The number of hydrogen-bond acceptors (Lipinski definition) is 3. The van der Waals surface area contributed by atoms with Crippen molar-refractivity contribution in [2.75, 3.05) is 6.54 Å². The van der Waals surface area contributed by atoms with E-state index in [0.717, 1.165) is 19.4 Å². The summed E-state index contributed by atoms with van der Waals surface area (Å²) in [5.41, 5.74) is 0. The van der Waals surface area contributed by atoms with Crippen molar-refractivity contribution < 1.29 is 14.6 Å². The molecule has 4 nitrogen and oxygen atoms in total. The molecule has 1 fully saturated rings. The van der Waals surface area contributed by atoms with Crippen LogP contribution in [0.4, 0.5) is 0 Å². The molecule has 5 heteroatoms. The van der Waals surface area contributed by atoms with Crippen LogP contribution in [0.15, 0.2) is 0 Å². The Hall–Kier alpha value is -0.320. The zero-order valence-electron chi connectivity index (χ0n) is 6.96. The third-order valence-corrected chi connectivity index (χ3v) is 1.96. The Bertz CT molecular complexity index is 143. The normalized spacial score (nSPS) is 28.6. The van der Waals surface area contributed by atoms with Crippen LogP contribution in [0.5, 0.6) is 0 Å². The first kappa shape index (κ1) is 11.7. The standard InChI is InChI=1S/C7H13NO2.ClHO/c1-5-2-3-8-6(4-5)7(9)10;1-2/h5-6,8H,2-4H2,1H3,(H,9,10);2H/t5-,6-;/m1./s1. The molecule has 2 atom stereocenters. The Morgan fingerprint density at radius 3 is 2.50 bits per heavy atom. The molecule has 1 rings (SSSR count). The molecule has 0 radical (unpaired) electrons. The Balaban J connectivity index is 0.000000561. The number of carboxylic acids is 1. The first-order chi connectivity index (χ1) is 5.70. The van der Waals surface area contributed by atoms with Crippen LogP contribution in [0.1, 0.15) is 19.8 Å². The zero-order valence-corrected chi connectivity index (χ0v) is 7.71. The van der Waals surface area contributed by atoms with Gasteiger partial charge in [-0.25, -0.2) is 0 Å². The summed E-state index contributed by atoms with van der Waals surface area (Å²) >= 11 is 3.64. The van der Waals surface area contributed by atoms with Crippen molar-refractivity contribution in [1.29, 1.82) is 0 Å². The van der Waals surface area contributed by atoms with Gasteiger partial charge in [-0.15, -0.1) is 0 Å². The van der Waals surface area contributed by atoms with Gasteiger partial charge in [-0.2, -0.15) is 0 Å². The van der Waals surface area contributed by atoms with Gasteiger partial charge in [0, 0.05) is 0 Å². The second kappa shape index (κ2) is 6.22. The monoisotopic (exact) mass is 195 g/mol. The first-order valence-electron chi connectivity index (χ1n) is 3.83. The van der Waals surface area contributed by atoms with E-state index in [9.17, 15) is 4.79 Å². The Morgan fingerprint density at radius 1 is 1.58 bits per heavy atom. The lowest BCUT2D eigenvalue weighted by Gasteiger charge is -2.24. The smallest absolute Gasteiger partial charge is 0.320 e. The van der Waals surface area contributed by atoms with E-state index in [-0.39, 0.29) is 6.04 Å². The van der Waals surface area contributed by atoms with Crippen molar-refractivity contribution in [1.82, 2.24) is 5.32 Å². The van der Waals surface area contributed by atoms with Crippen LogP contribution in [0.2, 0.25) is 0 Å². The average molecular weight is 196 g/mol. The molecule has 72 valence electrons. The molecule has 1 saturated heterocycles. The maximum atomic E-state index is 10.4. The number of hydrogen-bond donors (Lipinski definition) is 3. The van der Waals surface area contributed by atoms with Gasteiger partial charge in [0.1, 0.15) is 6.04 Å². The van der Waals surface area contributed by atoms with E-state index in [2.05, 4.69) is 24.1 Å². The maximum absolute atomic E-state index is 10.4. The number of aliphatic carboxylic acids is 1. The van der Waals surface area contributed by atoms with Gasteiger partial charge in [0.15, 0.2) is 0 Å². The SMILES string of the molecule is C[C@@H]1CCN[C@@H](C(=O)O)C1.OCl. The van der Waals surface area contributed by atoms with Crippen LogP contribution in [0, 0.1) is 5.92 Å². The fraction of sp³-hybridized carbons (Fsp3) is 0.857. The summed E-state index contributed by atoms with van der Waals surface area (Å²) in [6, 6.07) is -0.302. The van der Waals surface area contributed by atoms with Crippen LogP contribution in [-0.4, -0.2) is 28.3 Å². The van der Waals surface area contributed by atoms with Crippen LogP contribution in [0.25, 0.3) is 0 Å². The van der Waals surface area contributed by atoms with E-state index in [1.165, 1.54) is 0 Å². The van der Waals surface area contributed by atoms with E-state index >= 15 is 0 Å². The van der Waals surface area contributed by atoms with E-state index in [1.54, 1.807) is 0 Å². The molecular weight excluding hydrogens is 182 g/mol. The number of rotatable bonds is 1. The quantitative estimate of drug-likeness (QED) is 0.573. The minimum absolute atomic E-state index is 0.302. The summed E-state index contributed by atoms with van der Waals surface area (Å²) in [6.45, 7) is 2.94. The van der Waals surface area contributed by atoms with Gasteiger partial charge < -0.3 is 10.4 Å². The lowest BCUT2D eigenvalue weighted by atomic mass is 9.94. The Kier molecular flexibility index (Phi) is 6.06. The van der Waals surface area contributed by atoms with E-state index < -0.39 is 5.97 Å². The highest BCUT2D eigenvalue weighted by molar-refractivity contribution is 6.04. The number of piperidine rings is 1. The highest BCUT2D eigenvalue weighted by Gasteiger charge is 2.23. The molecule has 1 aliphatic rings. The van der Waals surface area contributed by atoms with Gasteiger partial charge in [-0.1, -0.05) is 6.92 Å². The van der Waals surface area contributed by atoms with Crippen molar-refractivity contribution in [3.8, 4) is 0 Å². The van der Waals surface area contributed by atoms with E-state index in [4.69, 9.17) is 9.77 Å². The minimum atomic E-state index is -0.716. The molecule has 0 unspecified atom stereocenters. The average Bonchev–Trinajstić information content (AvgIpc) is 2.08. The summed E-state index contributed by atoms with van der Waals surface area (Å²) in [6.07, 6.45) is 1.87. The molecule has 0 amide bonds. The predicted octanol–water partition coefficient (Wildman–Crippen LogP) is 0.592. The molecule has 0 bridgehead atoms. The number of halogens is 1. The molecule has 0 aromatic heterocycles. The van der Waals surface area contributed by atoms with Crippen molar-refractivity contribution in [2.45, 2.75) is 25.8 Å². The molecule has 0 spiro atoms. The summed E-state index contributed by atoms with van der Waals surface area (Å²) in [4.78, 5) is 10.4. The van der Waals surface area contributed by atoms with Gasteiger partial charge in [-0.3, -0.25) is 9.45 Å². The van der Waals surface area contributed by atoms with Gasteiger partial charge in [-0.05, 0) is 25.3 Å². The topological polar surface area (TPSA) is 69.6 Å². The zero-order chi connectivity index (χ0) is 9.56. The van der Waals surface area contributed by atoms with Crippen molar-refractivity contribution in [3.63, 3.8) is 0 Å². The van der Waals surface area contributed by atoms with Crippen LogP contribution < -0.4 is 5.32 Å². The molecule has 12 heavy (non-hydrogen) atoms. The van der Waals surface area contributed by atoms with Gasteiger partial charge in [0.05, 0.1) is 11.9 Å². The number of carboxylic acid groups (broad SMARTS) is 1. The van der Waals surface area contributed by atoms with Crippen LogP contribution in [-0.2, 0) is 4.79 Å². The molecule has 0 aromatic carbocycles. The third kappa shape index (κ3) is 3.90. The third-order valence-electron chi connectivity index (χ3n) is 1.96. The van der Waals surface area contributed by atoms with E-state index in [1.807, 2.05) is 0 Å². The maximum Gasteiger partial charge on any atom is 0.320 e. The first-order valence-corrected chi connectivity index (χ1v) is 4.17. The second-order valence-electron chi connectivity index (χ2n) is 2.97. The van der Waals surface area contributed by atoms with Crippen molar-refractivity contribution >= 4 is 17.8 Å². The molecule has 0 saturated carbocycles. The lowest BCUT2D eigenvalue weighted by Crippen LogP contribution is -2.42. The Labute approximate surface area is 76.7 Å². The Morgan fingerprint density at radius 2 is 2.17 bits per heavy atom. The summed E-state index contributed by atoms with van der Waals surface area (Å²) in [5.74, 6) is -0.158. The summed E-state index contributed by atoms with van der Waals surface area (Å²) in [7, 11) is 0. The van der Waals surface area contributed by atoms with Crippen molar-refractivity contribution in [3.05, 3.63) is 0 Å². The predicted molar refractivity (Wildman–Crippen MR) is 45.9 cm³/mol. The van der Waals surface area contributed by atoms with Crippen LogP contribution >= 0.6 is 11.9 Å². The second-order valence-corrected chi connectivity index (χ2v) is 2.97. The lowest BCUT2D eigenvalue weighted by molar-refractivity contribution is -0.140. The van der Waals surface area contributed by atoms with Gasteiger partial charge >= 0.3 is 5.97 Å². The minimum Gasteiger partial charge on any atom is -0.480 e. The fourth-order valence-corrected chi connectivity index (χ4v) is 1.30. The van der Waals surface area contributed by atoms with Crippen LogP contribution in [0.3, 0.4) is 0 Å². The molecule has 0 aliphatic carbocycles. The molecular formula is C7H14ClNO3. The van der Waals surface area contributed by atoms with Gasteiger partial charge in [0.2, 0.25) is 0 Å². The largest absolute Gasteiger partial charge is 0.480 e. The molecule has 3 N–H and O–H groups in total. The molecule has 1 aliphatic heterocycles. The van der Waals surface area contributed by atoms with Gasteiger partial charge in [0.25, 0.3) is 0 Å². The highest BCUT2D eigenvalue weighted by atomic mass is 35.5. The molecule has 0 aromatic rings. The number of nitrogens with one attached hydrogen (secondary N) is 1. The highest BCUT2D eigenvalue weighted by Crippen LogP contribution is 2.14.